The van der Waals surface area contributed by atoms with Gasteiger partial charge in [0.15, 0.2) is 0 Å². The Bertz CT molecular complexity index is 458. The average molecular weight is 266 g/mol. The van der Waals surface area contributed by atoms with Crippen molar-refractivity contribution in [3.05, 3.63) is 23.3 Å². The van der Waals surface area contributed by atoms with E-state index in [9.17, 15) is 9.90 Å². The molecule has 0 saturated heterocycles. The summed E-state index contributed by atoms with van der Waals surface area (Å²) in [6, 6.07) is 3.10. The van der Waals surface area contributed by atoms with Crippen LogP contribution in [0.1, 0.15) is 56.5 Å². The van der Waals surface area contributed by atoms with Gasteiger partial charge < -0.3 is 14.9 Å². The summed E-state index contributed by atoms with van der Waals surface area (Å²) >= 11 is 0. The van der Waals surface area contributed by atoms with Gasteiger partial charge in [0.05, 0.1) is 6.61 Å². The third kappa shape index (κ3) is 3.88. The molecule has 0 aliphatic heterocycles. The smallest absolute Gasteiger partial charge is 0.339 e. The largest absolute Gasteiger partial charge is 0.507 e. The highest BCUT2D eigenvalue weighted by atomic mass is 16.5. The molecule has 4 heteroatoms. The van der Waals surface area contributed by atoms with Crippen LogP contribution in [0.15, 0.2) is 12.1 Å². The molecule has 2 N–H and O–H groups in total. The van der Waals surface area contributed by atoms with E-state index in [0.29, 0.717) is 17.9 Å². The Hall–Kier alpha value is -1.71. The molecule has 0 radical (unpaired) electrons. The van der Waals surface area contributed by atoms with Crippen molar-refractivity contribution in [2.45, 2.75) is 46.0 Å². The van der Waals surface area contributed by atoms with Crippen LogP contribution >= 0.6 is 0 Å². The van der Waals surface area contributed by atoms with E-state index in [4.69, 9.17) is 9.84 Å². The maximum absolute atomic E-state index is 11.2. The Kier molecular flexibility index (Phi) is 4.81. The molecule has 0 aromatic heterocycles. The van der Waals surface area contributed by atoms with Crippen molar-refractivity contribution < 1.29 is 19.7 Å². The van der Waals surface area contributed by atoms with E-state index in [2.05, 4.69) is 6.92 Å². The van der Waals surface area contributed by atoms with Crippen LogP contribution in [0.25, 0.3) is 0 Å². The average Bonchev–Trinajstić information content (AvgIpc) is 2.29. The van der Waals surface area contributed by atoms with E-state index in [0.717, 1.165) is 12.8 Å². The van der Waals surface area contributed by atoms with Crippen LogP contribution in [-0.2, 0) is 5.41 Å². The van der Waals surface area contributed by atoms with E-state index in [1.54, 1.807) is 6.07 Å². The molecule has 1 rings (SSSR count). The molecular formula is C15H22O4. The minimum Gasteiger partial charge on any atom is -0.507 e. The molecule has 0 bridgehead atoms. The Morgan fingerprint density at radius 2 is 1.95 bits per heavy atom. The Balaban J connectivity index is 3.20. The highest BCUT2D eigenvalue weighted by molar-refractivity contribution is 5.92. The maximum Gasteiger partial charge on any atom is 0.339 e. The minimum absolute atomic E-state index is 0.112. The lowest BCUT2D eigenvalue weighted by molar-refractivity contribution is 0.0693. The van der Waals surface area contributed by atoms with Crippen LogP contribution in [0, 0.1) is 0 Å². The van der Waals surface area contributed by atoms with Gasteiger partial charge in [-0.1, -0.05) is 34.1 Å². The summed E-state index contributed by atoms with van der Waals surface area (Å²) in [5, 5.41) is 19.2. The van der Waals surface area contributed by atoms with Gasteiger partial charge in [0.1, 0.15) is 17.1 Å². The number of phenols is 1. The highest BCUT2D eigenvalue weighted by Crippen LogP contribution is 2.36. The third-order valence-electron chi connectivity index (χ3n) is 2.89. The van der Waals surface area contributed by atoms with Gasteiger partial charge >= 0.3 is 5.97 Å². The normalized spacial score (nSPS) is 11.4. The lowest BCUT2D eigenvalue weighted by Gasteiger charge is -2.22. The molecule has 0 atom stereocenters. The number of ether oxygens (including phenoxy) is 1. The van der Waals surface area contributed by atoms with Gasteiger partial charge in [0.25, 0.3) is 0 Å². The van der Waals surface area contributed by atoms with E-state index in [1.165, 1.54) is 6.07 Å². The van der Waals surface area contributed by atoms with Gasteiger partial charge in [-0.05, 0) is 24.0 Å². The van der Waals surface area contributed by atoms with Crippen molar-refractivity contribution in [1.82, 2.24) is 0 Å². The summed E-state index contributed by atoms with van der Waals surface area (Å²) in [5.74, 6) is -0.833. The molecule has 0 fully saturated rings. The summed E-state index contributed by atoms with van der Waals surface area (Å²) in [6.07, 6.45) is 1.92. The van der Waals surface area contributed by atoms with E-state index in [1.807, 2.05) is 20.8 Å². The van der Waals surface area contributed by atoms with Gasteiger partial charge in [-0.3, -0.25) is 0 Å². The topological polar surface area (TPSA) is 66.8 Å². The molecule has 0 aliphatic carbocycles. The zero-order valence-corrected chi connectivity index (χ0v) is 12.0. The third-order valence-corrected chi connectivity index (χ3v) is 2.89. The second-order valence-corrected chi connectivity index (χ2v) is 5.62. The van der Waals surface area contributed by atoms with Crippen molar-refractivity contribution >= 4 is 5.97 Å². The first-order valence-corrected chi connectivity index (χ1v) is 6.51. The lowest BCUT2D eigenvalue weighted by atomic mass is 9.85. The number of hydrogen-bond donors (Lipinski definition) is 2. The summed E-state index contributed by atoms with van der Waals surface area (Å²) < 4.78 is 5.55. The molecule has 0 unspecified atom stereocenters. The number of aromatic carboxylic acids is 1. The number of carboxylic acid groups (broad SMARTS) is 1. The van der Waals surface area contributed by atoms with Crippen molar-refractivity contribution in [2.24, 2.45) is 0 Å². The molecule has 0 heterocycles. The summed E-state index contributed by atoms with van der Waals surface area (Å²) in [4.78, 5) is 11.2. The maximum atomic E-state index is 11.2. The van der Waals surface area contributed by atoms with E-state index >= 15 is 0 Å². The number of carbonyl (C=O) groups is 1. The van der Waals surface area contributed by atoms with E-state index in [-0.39, 0.29) is 16.7 Å². The molecule has 0 saturated carbocycles. The molecule has 19 heavy (non-hydrogen) atoms. The second-order valence-electron chi connectivity index (χ2n) is 5.62. The quantitative estimate of drug-likeness (QED) is 0.799. The summed E-state index contributed by atoms with van der Waals surface area (Å²) in [7, 11) is 0. The fourth-order valence-electron chi connectivity index (χ4n) is 1.76. The number of hydrogen-bond acceptors (Lipinski definition) is 3. The SMILES string of the molecule is CCCCOc1cc(C(=O)O)c(O)c(C(C)(C)C)c1. The molecule has 1 aromatic carbocycles. The first kappa shape index (κ1) is 15.3. The molecule has 0 aliphatic rings. The van der Waals surface area contributed by atoms with Crippen molar-refractivity contribution in [2.75, 3.05) is 6.61 Å². The Morgan fingerprint density at radius 1 is 1.32 bits per heavy atom. The van der Waals surface area contributed by atoms with Crippen LogP contribution in [0.3, 0.4) is 0 Å². The molecule has 0 spiro atoms. The minimum atomic E-state index is -1.15. The predicted octanol–water partition coefficient (Wildman–Crippen LogP) is 3.57. The summed E-state index contributed by atoms with van der Waals surface area (Å²) in [5.41, 5.74) is 0.121. The number of unbranched alkanes of at least 4 members (excludes halogenated alkanes) is 1. The zero-order chi connectivity index (χ0) is 14.6. The number of carboxylic acids is 1. The lowest BCUT2D eigenvalue weighted by Crippen LogP contribution is -2.14. The van der Waals surface area contributed by atoms with Crippen LogP contribution in [0.5, 0.6) is 11.5 Å². The first-order valence-electron chi connectivity index (χ1n) is 6.51. The van der Waals surface area contributed by atoms with Crippen molar-refractivity contribution in [1.29, 1.82) is 0 Å². The Morgan fingerprint density at radius 3 is 2.42 bits per heavy atom. The van der Waals surface area contributed by atoms with Crippen LogP contribution in [0.2, 0.25) is 0 Å². The van der Waals surface area contributed by atoms with Gasteiger partial charge in [-0.2, -0.15) is 0 Å². The van der Waals surface area contributed by atoms with Gasteiger partial charge in [-0.15, -0.1) is 0 Å². The number of aromatic hydroxyl groups is 1. The second kappa shape index (κ2) is 5.95. The van der Waals surface area contributed by atoms with Gasteiger partial charge in [0.2, 0.25) is 0 Å². The van der Waals surface area contributed by atoms with E-state index < -0.39 is 5.97 Å². The predicted molar refractivity (Wildman–Crippen MR) is 74.2 cm³/mol. The zero-order valence-electron chi connectivity index (χ0n) is 12.0. The molecule has 1 aromatic rings. The van der Waals surface area contributed by atoms with Crippen molar-refractivity contribution in [3.63, 3.8) is 0 Å². The van der Waals surface area contributed by atoms with Crippen LogP contribution in [0.4, 0.5) is 0 Å². The first-order chi connectivity index (χ1) is 8.77. The van der Waals surface area contributed by atoms with Gasteiger partial charge in [0, 0.05) is 5.56 Å². The van der Waals surface area contributed by atoms with Gasteiger partial charge in [-0.25, -0.2) is 4.79 Å². The summed E-state index contributed by atoms with van der Waals surface area (Å²) in [6.45, 7) is 8.36. The molecule has 4 nitrogen and oxygen atoms in total. The standard InChI is InChI=1S/C15H22O4/c1-5-6-7-19-10-8-11(14(17)18)13(16)12(9-10)15(2,3)4/h8-9,16H,5-7H2,1-4H3,(H,17,18). The molecular weight excluding hydrogens is 244 g/mol. The number of benzene rings is 1. The fourth-order valence-corrected chi connectivity index (χ4v) is 1.76. The molecule has 106 valence electrons. The fraction of sp³-hybridized carbons (Fsp3) is 0.533. The van der Waals surface area contributed by atoms with Crippen LogP contribution in [-0.4, -0.2) is 22.8 Å². The molecule has 0 amide bonds. The Labute approximate surface area is 114 Å². The van der Waals surface area contributed by atoms with Crippen molar-refractivity contribution in [3.8, 4) is 11.5 Å². The highest BCUT2D eigenvalue weighted by Gasteiger charge is 2.24. The number of rotatable bonds is 5. The monoisotopic (exact) mass is 266 g/mol. The van der Waals surface area contributed by atoms with Crippen LogP contribution < -0.4 is 4.74 Å².